The molecule has 0 aliphatic rings. The number of unbranched alkanes of at least 4 members (excludes halogenated alkanes) is 1. The highest BCUT2D eigenvalue weighted by Crippen LogP contribution is 2.19. The average Bonchev–Trinajstić information content (AvgIpc) is 2.81. The Hall–Kier alpha value is -3.45. The molecule has 0 unspecified atom stereocenters. The topological polar surface area (TPSA) is 77.0 Å². The number of nitrogens with one attached hydrogen (secondary N) is 1. The van der Waals surface area contributed by atoms with Gasteiger partial charge in [0.25, 0.3) is 5.91 Å². The maximum atomic E-state index is 12.3. The summed E-state index contributed by atoms with van der Waals surface area (Å²) in [7, 11) is 0. The number of benzene rings is 3. The Kier molecular flexibility index (Phi) is 8.57. The van der Waals surface area contributed by atoms with E-state index in [0.717, 1.165) is 24.2 Å². The van der Waals surface area contributed by atoms with E-state index in [2.05, 4.69) is 33.4 Å². The maximum absolute atomic E-state index is 12.3. The highest BCUT2D eigenvalue weighted by atomic mass is 79.9. The summed E-state index contributed by atoms with van der Waals surface area (Å²) >= 11 is 3.34. The van der Waals surface area contributed by atoms with Gasteiger partial charge in [-0.15, -0.1) is 0 Å². The molecule has 0 spiro atoms. The van der Waals surface area contributed by atoms with Crippen LogP contribution in [0.3, 0.4) is 0 Å². The Morgan fingerprint density at radius 1 is 0.969 bits per heavy atom. The molecular formula is C25H23BrN2O4. The molecule has 6 nitrogen and oxygen atoms in total. The highest BCUT2D eigenvalue weighted by Gasteiger charge is 2.11. The monoisotopic (exact) mass is 494 g/mol. The fourth-order valence-corrected chi connectivity index (χ4v) is 3.12. The molecule has 7 heteroatoms. The van der Waals surface area contributed by atoms with Crippen LogP contribution in [0.2, 0.25) is 0 Å². The lowest BCUT2D eigenvalue weighted by Crippen LogP contribution is -2.17. The lowest BCUT2D eigenvalue weighted by atomic mass is 10.2. The van der Waals surface area contributed by atoms with Crippen LogP contribution in [0.5, 0.6) is 11.5 Å². The molecule has 1 N–H and O–H groups in total. The number of carbonyl (C=O) groups excluding carboxylic acids is 2. The fraction of sp³-hybridized carbons (Fsp3) is 0.160. The van der Waals surface area contributed by atoms with Crippen LogP contribution >= 0.6 is 15.9 Å². The van der Waals surface area contributed by atoms with E-state index in [1.54, 1.807) is 66.7 Å². The van der Waals surface area contributed by atoms with Crippen LogP contribution in [-0.2, 0) is 0 Å². The largest absolute Gasteiger partial charge is 0.494 e. The number of amides is 1. The quantitative estimate of drug-likeness (QED) is 0.138. The smallest absolute Gasteiger partial charge is 0.344 e. The van der Waals surface area contributed by atoms with Crippen molar-refractivity contribution in [2.75, 3.05) is 6.61 Å². The fourth-order valence-electron chi connectivity index (χ4n) is 2.68. The van der Waals surface area contributed by atoms with Crippen LogP contribution in [0.15, 0.2) is 82.4 Å². The van der Waals surface area contributed by atoms with E-state index < -0.39 is 5.97 Å². The van der Waals surface area contributed by atoms with Gasteiger partial charge in [0.2, 0.25) is 0 Å². The average molecular weight is 495 g/mol. The van der Waals surface area contributed by atoms with Crippen LogP contribution < -0.4 is 14.9 Å². The van der Waals surface area contributed by atoms with Crippen LogP contribution in [-0.4, -0.2) is 24.7 Å². The van der Waals surface area contributed by atoms with Crippen molar-refractivity contribution >= 4 is 34.0 Å². The lowest BCUT2D eigenvalue weighted by molar-refractivity contribution is 0.0733. The van der Waals surface area contributed by atoms with Crippen molar-refractivity contribution in [3.63, 3.8) is 0 Å². The summed E-state index contributed by atoms with van der Waals surface area (Å²) in [6, 6.07) is 20.8. The van der Waals surface area contributed by atoms with Gasteiger partial charge in [-0.2, -0.15) is 5.10 Å². The van der Waals surface area contributed by atoms with Crippen LogP contribution in [0.25, 0.3) is 0 Å². The second-order valence-corrected chi connectivity index (χ2v) is 7.72. The Balaban J connectivity index is 1.50. The molecule has 0 atom stereocenters. The molecule has 0 bridgehead atoms. The van der Waals surface area contributed by atoms with Gasteiger partial charge >= 0.3 is 5.97 Å². The molecule has 0 aromatic heterocycles. The van der Waals surface area contributed by atoms with Gasteiger partial charge < -0.3 is 9.47 Å². The molecule has 32 heavy (non-hydrogen) atoms. The first-order chi connectivity index (χ1) is 15.6. The summed E-state index contributed by atoms with van der Waals surface area (Å²) in [5.74, 6) is 0.375. The van der Waals surface area contributed by atoms with Gasteiger partial charge in [-0.05, 0) is 88.6 Å². The van der Waals surface area contributed by atoms with Gasteiger partial charge in [0.05, 0.1) is 18.4 Å². The van der Waals surface area contributed by atoms with Gasteiger partial charge in [0.1, 0.15) is 11.5 Å². The predicted octanol–water partition coefficient (Wildman–Crippen LogP) is 5.61. The first-order valence-corrected chi connectivity index (χ1v) is 11.0. The zero-order valence-corrected chi connectivity index (χ0v) is 19.2. The van der Waals surface area contributed by atoms with Gasteiger partial charge in [0.15, 0.2) is 0 Å². The van der Waals surface area contributed by atoms with Gasteiger partial charge in [-0.1, -0.05) is 25.5 Å². The van der Waals surface area contributed by atoms with E-state index in [4.69, 9.17) is 9.47 Å². The molecule has 0 aliphatic carbocycles. The molecule has 0 fully saturated rings. The molecular weight excluding hydrogens is 472 g/mol. The molecule has 0 saturated carbocycles. The molecule has 3 aromatic carbocycles. The first-order valence-electron chi connectivity index (χ1n) is 10.2. The number of rotatable bonds is 9. The summed E-state index contributed by atoms with van der Waals surface area (Å²) in [5, 5.41) is 3.98. The number of nitrogens with zero attached hydrogens (tertiary/aromatic N) is 1. The van der Waals surface area contributed by atoms with Crippen molar-refractivity contribution in [1.82, 2.24) is 5.43 Å². The van der Waals surface area contributed by atoms with Crippen LogP contribution in [0.1, 0.15) is 46.0 Å². The summed E-state index contributed by atoms with van der Waals surface area (Å²) in [6.45, 7) is 2.76. The second-order valence-electron chi connectivity index (χ2n) is 6.86. The third kappa shape index (κ3) is 6.78. The second kappa shape index (κ2) is 11.8. The third-order valence-electron chi connectivity index (χ3n) is 4.45. The van der Waals surface area contributed by atoms with Crippen molar-refractivity contribution in [1.29, 1.82) is 0 Å². The molecule has 164 valence electrons. The molecule has 0 heterocycles. The molecule has 3 rings (SSSR count). The molecule has 0 saturated heterocycles. The molecule has 0 aliphatic heterocycles. The standard InChI is InChI=1S/C25H23BrN2O4/c1-2-3-16-31-20-14-10-19(11-15-20)24(29)28-27-17-18-8-12-21(13-9-18)32-25(30)22-6-4-5-7-23(22)26/h4-15,17H,2-3,16H2,1H3,(H,28,29)/b27-17-. The minimum absolute atomic E-state index is 0.319. The minimum atomic E-state index is -0.451. The number of ether oxygens (including phenoxy) is 2. The van der Waals surface area contributed by atoms with Crippen LogP contribution in [0.4, 0.5) is 0 Å². The van der Waals surface area contributed by atoms with Gasteiger partial charge in [-0.25, -0.2) is 10.2 Å². The Bertz CT molecular complexity index is 1080. The van der Waals surface area contributed by atoms with Crippen molar-refractivity contribution in [3.8, 4) is 11.5 Å². The van der Waals surface area contributed by atoms with Gasteiger partial charge in [-0.3, -0.25) is 4.79 Å². The molecule has 1 amide bonds. The highest BCUT2D eigenvalue weighted by molar-refractivity contribution is 9.10. The van der Waals surface area contributed by atoms with E-state index in [9.17, 15) is 9.59 Å². The molecule has 3 aromatic rings. The van der Waals surface area contributed by atoms with E-state index in [1.807, 2.05) is 6.07 Å². The van der Waals surface area contributed by atoms with Crippen molar-refractivity contribution < 1.29 is 19.1 Å². The van der Waals surface area contributed by atoms with E-state index in [-0.39, 0.29) is 5.91 Å². The van der Waals surface area contributed by atoms with E-state index >= 15 is 0 Å². The third-order valence-corrected chi connectivity index (χ3v) is 5.14. The Morgan fingerprint density at radius 2 is 1.66 bits per heavy atom. The Labute approximate surface area is 195 Å². The van der Waals surface area contributed by atoms with Crippen molar-refractivity contribution in [2.24, 2.45) is 5.10 Å². The summed E-state index contributed by atoms with van der Waals surface area (Å²) in [6.07, 6.45) is 3.57. The van der Waals surface area contributed by atoms with E-state index in [0.29, 0.717) is 28.0 Å². The lowest BCUT2D eigenvalue weighted by Gasteiger charge is -2.06. The SMILES string of the molecule is CCCCOc1ccc(C(=O)N/N=C\c2ccc(OC(=O)c3ccccc3Br)cc2)cc1. The van der Waals surface area contributed by atoms with Crippen molar-refractivity contribution in [2.45, 2.75) is 19.8 Å². The summed E-state index contributed by atoms with van der Waals surface area (Å²) in [5.41, 5.74) is 4.17. The minimum Gasteiger partial charge on any atom is -0.494 e. The number of halogens is 1. The van der Waals surface area contributed by atoms with Crippen LogP contribution in [0, 0.1) is 0 Å². The zero-order chi connectivity index (χ0) is 22.8. The zero-order valence-electron chi connectivity index (χ0n) is 17.6. The number of hydrogen-bond acceptors (Lipinski definition) is 5. The number of hydrazone groups is 1. The van der Waals surface area contributed by atoms with Gasteiger partial charge in [0, 0.05) is 10.0 Å². The number of esters is 1. The summed E-state index contributed by atoms with van der Waals surface area (Å²) in [4.78, 5) is 24.5. The predicted molar refractivity (Wildman–Crippen MR) is 127 cm³/mol. The maximum Gasteiger partial charge on any atom is 0.344 e. The van der Waals surface area contributed by atoms with E-state index in [1.165, 1.54) is 6.21 Å². The molecule has 0 radical (unpaired) electrons. The van der Waals surface area contributed by atoms with Crippen molar-refractivity contribution in [3.05, 3.63) is 94.0 Å². The normalized spacial score (nSPS) is 10.7. The summed E-state index contributed by atoms with van der Waals surface area (Å²) < 4.78 is 11.6. The first kappa shape index (κ1) is 23.2. The Morgan fingerprint density at radius 3 is 2.34 bits per heavy atom. The number of hydrogen-bond donors (Lipinski definition) is 1. The number of carbonyl (C=O) groups is 2.